The molecule has 2 amide bonds. The van der Waals surface area contributed by atoms with Crippen molar-refractivity contribution in [3.05, 3.63) is 65.5 Å². The molecule has 0 aromatic heterocycles. The molecule has 8 heteroatoms. The lowest BCUT2D eigenvalue weighted by molar-refractivity contribution is -0.155. The number of anilines is 1. The maximum absolute atomic E-state index is 14.1. The molecule has 0 unspecified atom stereocenters. The molecule has 178 valence electrons. The second-order valence-corrected chi connectivity index (χ2v) is 8.74. The minimum atomic E-state index is -1.44. The van der Waals surface area contributed by atoms with E-state index in [4.69, 9.17) is 4.74 Å². The Balaban J connectivity index is 1.87. The molecule has 0 radical (unpaired) electrons. The highest BCUT2D eigenvalue weighted by atomic mass is 19.1. The number of esters is 1. The second kappa shape index (κ2) is 9.10. The molecule has 2 aromatic carbocycles. The van der Waals surface area contributed by atoms with Gasteiger partial charge in [0, 0.05) is 11.6 Å². The topological polar surface area (TPSA) is 92.8 Å². The average molecular weight is 467 g/mol. The first kappa shape index (κ1) is 23.8. The first-order chi connectivity index (χ1) is 16.2. The molecule has 2 aliphatic heterocycles. The molecule has 2 aliphatic rings. The van der Waals surface area contributed by atoms with Crippen LogP contribution >= 0.6 is 0 Å². The van der Waals surface area contributed by atoms with Crippen LogP contribution in [0, 0.1) is 17.7 Å². The van der Waals surface area contributed by atoms with E-state index in [2.05, 4.69) is 5.32 Å². The summed E-state index contributed by atoms with van der Waals surface area (Å²) in [5.41, 5.74) is -0.339. The molecular formula is C26H27FN2O5. The lowest BCUT2D eigenvalue weighted by atomic mass is 9.77. The van der Waals surface area contributed by atoms with Crippen molar-refractivity contribution in [1.82, 2.24) is 5.32 Å². The zero-order valence-corrected chi connectivity index (χ0v) is 19.3. The van der Waals surface area contributed by atoms with Crippen molar-refractivity contribution in [3.8, 4) is 0 Å². The van der Waals surface area contributed by atoms with Crippen molar-refractivity contribution in [2.75, 3.05) is 11.5 Å². The molecule has 0 bridgehead atoms. The summed E-state index contributed by atoms with van der Waals surface area (Å²) in [6.45, 7) is 5.07. The molecule has 2 heterocycles. The van der Waals surface area contributed by atoms with Crippen molar-refractivity contribution >= 4 is 29.3 Å². The lowest BCUT2D eigenvalue weighted by Gasteiger charge is -2.32. The van der Waals surface area contributed by atoms with Crippen LogP contribution in [0.1, 0.15) is 55.6 Å². The van der Waals surface area contributed by atoms with Gasteiger partial charge in [-0.15, -0.1) is 0 Å². The Morgan fingerprint density at radius 2 is 1.82 bits per heavy atom. The van der Waals surface area contributed by atoms with E-state index in [9.17, 15) is 23.6 Å². The number of ketones is 1. The minimum absolute atomic E-state index is 0.112. The first-order valence-electron chi connectivity index (χ1n) is 11.4. The summed E-state index contributed by atoms with van der Waals surface area (Å²) in [7, 11) is 0. The Bertz CT molecular complexity index is 1170. The van der Waals surface area contributed by atoms with Crippen molar-refractivity contribution < 1.29 is 28.3 Å². The van der Waals surface area contributed by atoms with Gasteiger partial charge in [-0.05, 0) is 50.1 Å². The summed E-state index contributed by atoms with van der Waals surface area (Å²) in [5, 5.41) is 3.23. The van der Waals surface area contributed by atoms with Gasteiger partial charge in [0.05, 0.1) is 24.1 Å². The number of carbonyl (C=O) groups excluding carboxylic acids is 4. The van der Waals surface area contributed by atoms with E-state index < -0.39 is 47.0 Å². The Morgan fingerprint density at radius 3 is 2.47 bits per heavy atom. The average Bonchev–Trinajstić information content (AvgIpc) is 3.28. The number of amides is 2. The third kappa shape index (κ3) is 3.72. The molecule has 0 aliphatic carbocycles. The molecule has 34 heavy (non-hydrogen) atoms. The Morgan fingerprint density at radius 1 is 1.09 bits per heavy atom. The van der Waals surface area contributed by atoms with Crippen molar-refractivity contribution in [2.45, 2.75) is 45.2 Å². The van der Waals surface area contributed by atoms with Crippen LogP contribution in [-0.4, -0.2) is 35.7 Å². The molecular weight excluding hydrogens is 439 g/mol. The first-order valence-corrected chi connectivity index (χ1v) is 11.4. The number of ether oxygens (including phenoxy) is 1. The summed E-state index contributed by atoms with van der Waals surface area (Å²) >= 11 is 0. The number of rotatable bonds is 7. The molecule has 4 atom stereocenters. The van der Waals surface area contributed by atoms with Crippen LogP contribution in [-0.2, 0) is 19.1 Å². The number of hydrogen-bond donors (Lipinski definition) is 1. The molecule has 2 fully saturated rings. The number of imide groups is 1. The number of nitrogens with one attached hydrogen (secondary N) is 1. The highest BCUT2D eigenvalue weighted by Crippen LogP contribution is 2.51. The van der Waals surface area contributed by atoms with Gasteiger partial charge >= 0.3 is 5.97 Å². The van der Waals surface area contributed by atoms with Crippen LogP contribution in [0.25, 0.3) is 0 Å². The summed E-state index contributed by atoms with van der Waals surface area (Å²) in [6, 6.07) is 11.3. The summed E-state index contributed by atoms with van der Waals surface area (Å²) in [4.78, 5) is 53.8. The van der Waals surface area contributed by atoms with E-state index >= 15 is 0 Å². The number of halogens is 1. The van der Waals surface area contributed by atoms with Gasteiger partial charge in [-0.1, -0.05) is 37.6 Å². The molecule has 4 rings (SSSR count). The molecule has 2 saturated heterocycles. The van der Waals surface area contributed by atoms with Crippen molar-refractivity contribution in [3.63, 3.8) is 0 Å². The third-order valence-corrected chi connectivity index (χ3v) is 6.66. The highest BCUT2D eigenvalue weighted by molar-refractivity contribution is 6.24. The fraction of sp³-hybridized carbons (Fsp3) is 0.385. The molecule has 7 nitrogen and oxygen atoms in total. The van der Waals surface area contributed by atoms with E-state index in [1.807, 2.05) is 6.92 Å². The van der Waals surface area contributed by atoms with E-state index in [1.165, 1.54) is 31.2 Å². The third-order valence-electron chi connectivity index (χ3n) is 6.66. The second-order valence-electron chi connectivity index (χ2n) is 8.74. The van der Waals surface area contributed by atoms with Gasteiger partial charge in [0.25, 0.3) is 0 Å². The Kier molecular flexibility index (Phi) is 6.36. The van der Waals surface area contributed by atoms with Gasteiger partial charge in [-0.25, -0.2) is 9.29 Å². The molecule has 0 saturated carbocycles. The van der Waals surface area contributed by atoms with Crippen LogP contribution in [0.2, 0.25) is 0 Å². The number of fused-ring (bicyclic) bond motifs is 1. The molecule has 0 spiro atoms. The summed E-state index contributed by atoms with van der Waals surface area (Å²) in [5.74, 6) is -4.30. The SMILES string of the molecule is CCC[C@@]1(C(=O)OCC)N[C@@H](c2cccc(F)c2)[C@H]2C(=O)N(c3cccc(C(C)=O)c3)C(=O)[C@@H]21. The van der Waals surface area contributed by atoms with Crippen molar-refractivity contribution in [2.24, 2.45) is 11.8 Å². The van der Waals surface area contributed by atoms with E-state index in [-0.39, 0.29) is 24.5 Å². The quantitative estimate of drug-likeness (QED) is 0.381. The van der Waals surface area contributed by atoms with Crippen LogP contribution in [0.3, 0.4) is 0 Å². The van der Waals surface area contributed by atoms with Gasteiger partial charge in [-0.2, -0.15) is 0 Å². The summed E-state index contributed by atoms with van der Waals surface area (Å²) in [6.07, 6.45) is 0.811. The van der Waals surface area contributed by atoms with E-state index in [0.717, 1.165) is 4.90 Å². The Hall–Kier alpha value is -3.39. The Labute approximate surface area is 197 Å². The van der Waals surface area contributed by atoms with Gasteiger partial charge in [-0.3, -0.25) is 24.5 Å². The van der Waals surface area contributed by atoms with Crippen LogP contribution < -0.4 is 10.2 Å². The van der Waals surface area contributed by atoms with Crippen LogP contribution in [0.5, 0.6) is 0 Å². The van der Waals surface area contributed by atoms with Gasteiger partial charge < -0.3 is 4.74 Å². The minimum Gasteiger partial charge on any atom is -0.465 e. The largest absolute Gasteiger partial charge is 0.465 e. The maximum atomic E-state index is 14.1. The number of carbonyl (C=O) groups is 4. The predicted octanol–water partition coefficient (Wildman–Crippen LogP) is 3.58. The summed E-state index contributed by atoms with van der Waals surface area (Å²) < 4.78 is 19.5. The molecule has 2 aromatic rings. The predicted molar refractivity (Wildman–Crippen MR) is 122 cm³/mol. The zero-order valence-electron chi connectivity index (χ0n) is 19.3. The maximum Gasteiger partial charge on any atom is 0.327 e. The monoisotopic (exact) mass is 466 g/mol. The number of benzene rings is 2. The van der Waals surface area contributed by atoms with Crippen LogP contribution in [0.4, 0.5) is 10.1 Å². The van der Waals surface area contributed by atoms with Gasteiger partial charge in [0.2, 0.25) is 11.8 Å². The standard InChI is InChI=1S/C26H27FN2O5/c1-4-12-26(25(33)34-5-2)21-20(22(28-26)17-9-6-10-18(27)13-17)23(31)29(24(21)32)19-11-7-8-16(14-19)15(3)30/h6-11,13-14,20-22,28H,4-5,12H2,1-3H3/t20-,21+,22-,26+/m0/s1. The fourth-order valence-corrected chi connectivity index (χ4v) is 5.28. The zero-order chi connectivity index (χ0) is 24.6. The van der Waals surface area contributed by atoms with Gasteiger partial charge in [0.1, 0.15) is 11.4 Å². The highest BCUT2D eigenvalue weighted by Gasteiger charge is 2.68. The van der Waals surface area contributed by atoms with Gasteiger partial charge in [0.15, 0.2) is 5.78 Å². The van der Waals surface area contributed by atoms with E-state index in [0.29, 0.717) is 17.5 Å². The van der Waals surface area contributed by atoms with Crippen molar-refractivity contribution in [1.29, 1.82) is 0 Å². The number of nitrogens with zero attached hydrogens (tertiary/aromatic N) is 1. The normalized spacial score (nSPS) is 26.0. The smallest absolute Gasteiger partial charge is 0.327 e. The van der Waals surface area contributed by atoms with E-state index in [1.54, 1.807) is 31.2 Å². The fourth-order valence-electron chi connectivity index (χ4n) is 5.28. The molecule has 1 N–H and O–H groups in total. The number of hydrogen-bond acceptors (Lipinski definition) is 6. The van der Waals surface area contributed by atoms with Crippen LogP contribution in [0.15, 0.2) is 48.5 Å². The number of Topliss-reactive ketones (excluding diaryl/α,β-unsaturated/α-hetero) is 1. The lowest BCUT2D eigenvalue weighted by Crippen LogP contribution is -2.56.